The number of carbonyl (C=O) groups excluding carboxylic acids is 1. The van der Waals surface area contributed by atoms with Crippen LogP contribution in [-0.4, -0.2) is 50.4 Å². The summed E-state index contributed by atoms with van der Waals surface area (Å²) in [6.07, 6.45) is 4.17. The summed E-state index contributed by atoms with van der Waals surface area (Å²) in [5.74, 6) is 1.40. The van der Waals surface area contributed by atoms with Gasteiger partial charge in [0.2, 0.25) is 0 Å². The minimum absolute atomic E-state index is 0.0136. The average Bonchev–Trinajstić information content (AvgIpc) is 3.32. The van der Waals surface area contributed by atoms with E-state index in [4.69, 9.17) is 14.2 Å². The minimum Gasteiger partial charge on any atom is -0.493 e. The first-order valence-corrected chi connectivity index (χ1v) is 9.04. The number of nitrogens with zero attached hydrogens (tertiary/aromatic N) is 1. The van der Waals surface area contributed by atoms with Crippen molar-refractivity contribution in [2.45, 2.75) is 50.8 Å². The fourth-order valence-corrected chi connectivity index (χ4v) is 3.78. The lowest BCUT2D eigenvalue weighted by molar-refractivity contribution is 0.0829. The third kappa shape index (κ3) is 3.84. The Morgan fingerprint density at radius 2 is 2.04 bits per heavy atom. The molecule has 2 aliphatic rings. The molecule has 2 fully saturated rings. The molecule has 1 N–H and O–H groups in total. The maximum absolute atomic E-state index is 12.8. The molecule has 2 aliphatic heterocycles. The van der Waals surface area contributed by atoms with E-state index in [1.807, 2.05) is 30.0 Å². The Bertz CT molecular complexity index is 601. The third-order valence-corrected chi connectivity index (χ3v) is 5.18. The van der Waals surface area contributed by atoms with Crippen molar-refractivity contribution in [3.63, 3.8) is 0 Å². The Morgan fingerprint density at radius 3 is 2.72 bits per heavy atom. The zero-order valence-corrected chi connectivity index (χ0v) is 15.3. The molecule has 25 heavy (non-hydrogen) atoms. The highest BCUT2D eigenvalue weighted by Crippen LogP contribution is 2.36. The van der Waals surface area contributed by atoms with Crippen LogP contribution in [0.25, 0.3) is 0 Å². The molecule has 0 aliphatic carbocycles. The molecule has 1 aromatic rings. The number of methoxy groups -OCH3 is 2. The van der Waals surface area contributed by atoms with Crippen LogP contribution in [0.3, 0.4) is 0 Å². The molecule has 3 rings (SSSR count). The molecule has 2 saturated heterocycles. The number of amides is 2. The first-order chi connectivity index (χ1) is 12.1. The van der Waals surface area contributed by atoms with Gasteiger partial charge in [0.1, 0.15) is 0 Å². The molecule has 0 aromatic heterocycles. The molecule has 2 amide bonds. The average molecular weight is 348 g/mol. The highest BCUT2D eigenvalue weighted by atomic mass is 16.5. The van der Waals surface area contributed by atoms with E-state index in [0.29, 0.717) is 11.5 Å². The molecule has 0 bridgehead atoms. The number of rotatable bonds is 5. The van der Waals surface area contributed by atoms with Crippen molar-refractivity contribution in [3.8, 4) is 11.5 Å². The van der Waals surface area contributed by atoms with Gasteiger partial charge in [-0.3, -0.25) is 0 Å². The number of ether oxygens (including phenoxy) is 3. The monoisotopic (exact) mass is 348 g/mol. The van der Waals surface area contributed by atoms with Gasteiger partial charge in [0.05, 0.1) is 32.4 Å². The second-order valence-corrected chi connectivity index (χ2v) is 6.76. The Morgan fingerprint density at radius 1 is 1.24 bits per heavy atom. The van der Waals surface area contributed by atoms with Crippen molar-refractivity contribution >= 4 is 6.03 Å². The lowest BCUT2D eigenvalue weighted by Gasteiger charge is -2.29. The van der Waals surface area contributed by atoms with Crippen molar-refractivity contribution < 1.29 is 19.0 Å². The summed E-state index contributed by atoms with van der Waals surface area (Å²) in [5.41, 5.74) is 1.08. The van der Waals surface area contributed by atoms with Crippen molar-refractivity contribution in [2.75, 3.05) is 27.4 Å². The number of hydrogen-bond acceptors (Lipinski definition) is 4. The third-order valence-electron chi connectivity index (χ3n) is 5.18. The van der Waals surface area contributed by atoms with Crippen LogP contribution in [-0.2, 0) is 4.74 Å². The zero-order chi connectivity index (χ0) is 17.8. The maximum atomic E-state index is 12.8. The molecule has 6 nitrogen and oxygen atoms in total. The standard InChI is InChI=1S/C19H28N2O4/c1-13(16-7-5-11-25-16)20-19(22)21-10-4-6-15(21)14-8-9-17(23-2)18(12-14)24-3/h8-9,12-13,15-16H,4-7,10-11H2,1-3H3,(H,20,22)/t13-,15-,16-/m0/s1. The van der Waals surface area contributed by atoms with Crippen LogP contribution < -0.4 is 14.8 Å². The van der Waals surface area contributed by atoms with E-state index in [1.54, 1.807) is 14.2 Å². The summed E-state index contributed by atoms with van der Waals surface area (Å²) in [4.78, 5) is 14.7. The molecule has 0 unspecified atom stereocenters. The predicted molar refractivity (Wildman–Crippen MR) is 95.2 cm³/mol. The SMILES string of the molecule is COc1ccc([C@@H]2CCCN2C(=O)N[C@@H](C)[C@@H]2CCCO2)cc1OC. The van der Waals surface area contributed by atoms with Crippen LogP contribution in [0.1, 0.15) is 44.2 Å². The fourth-order valence-electron chi connectivity index (χ4n) is 3.78. The fraction of sp³-hybridized carbons (Fsp3) is 0.632. The van der Waals surface area contributed by atoms with E-state index >= 15 is 0 Å². The van der Waals surface area contributed by atoms with Gasteiger partial charge in [0, 0.05) is 13.2 Å². The Balaban J connectivity index is 1.70. The van der Waals surface area contributed by atoms with Gasteiger partial charge in [0.25, 0.3) is 0 Å². The summed E-state index contributed by atoms with van der Waals surface area (Å²) in [7, 11) is 3.25. The van der Waals surface area contributed by atoms with Gasteiger partial charge in [0.15, 0.2) is 11.5 Å². The van der Waals surface area contributed by atoms with Crippen molar-refractivity contribution in [1.29, 1.82) is 0 Å². The molecule has 0 radical (unpaired) electrons. The van der Waals surface area contributed by atoms with E-state index in [-0.39, 0.29) is 24.2 Å². The first-order valence-electron chi connectivity index (χ1n) is 9.04. The van der Waals surface area contributed by atoms with Gasteiger partial charge in [-0.25, -0.2) is 4.79 Å². The summed E-state index contributed by atoms with van der Waals surface area (Å²) < 4.78 is 16.4. The number of hydrogen-bond donors (Lipinski definition) is 1. The summed E-state index contributed by atoms with van der Waals surface area (Å²) >= 11 is 0. The highest BCUT2D eigenvalue weighted by Gasteiger charge is 2.32. The minimum atomic E-state index is -0.0136. The quantitative estimate of drug-likeness (QED) is 0.888. The first kappa shape index (κ1) is 17.9. The van der Waals surface area contributed by atoms with Gasteiger partial charge in [-0.1, -0.05) is 6.07 Å². The number of urea groups is 1. The van der Waals surface area contributed by atoms with Crippen molar-refractivity contribution in [3.05, 3.63) is 23.8 Å². The van der Waals surface area contributed by atoms with Gasteiger partial charge in [-0.05, 0) is 50.3 Å². The Hall–Kier alpha value is -1.95. The second kappa shape index (κ2) is 7.95. The number of nitrogens with one attached hydrogen (secondary N) is 1. The molecule has 3 atom stereocenters. The van der Waals surface area contributed by atoms with Gasteiger partial charge >= 0.3 is 6.03 Å². The van der Waals surface area contributed by atoms with E-state index in [2.05, 4.69) is 5.32 Å². The second-order valence-electron chi connectivity index (χ2n) is 6.76. The number of benzene rings is 1. The number of carbonyl (C=O) groups is 1. The van der Waals surface area contributed by atoms with E-state index < -0.39 is 0 Å². The molecule has 6 heteroatoms. The zero-order valence-electron chi connectivity index (χ0n) is 15.3. The van der Waals surface area contributed by atoms with E-state index in [1.165, 1.54) is 0 Å². The topological polar surface area (TPSA) is 60.0 Å². The molecule has 0 spiro atoms. The van der Waals surface area contributed by atoms with Crippen LogP contribution >= 0.6 is 0 Å². The maximum Gasteiger partial charge on any atom is 0.318 e. The lowest BCUT2D eigenvalue weighted by atomic mass is 10.0. The van der Waals surface area contributed by atoms with Crippen LogP contribution in [0.15, 0.2) is 18.2 Å². The van der Waals surface area contributed by atoms with Gasteiger partial charge in [-0.15, -0.1) is 0 Å². The van der Waals surface area contributed by atoms with Crippen LogP contribution in [0.2, 0.25) is 0 Å². The Labute approximate surface area is 149 Å². The molecule has 2 heterocycles. The summed E-state index contributed by atoms with van der Waals surface area (Å²) in [5, 5.41) is 3.12. The van der Waals surface area contributed by atoms with Crippen LogP contribution in [0.4, 0.5) is 4.79 Å². The van der Waals surface area contributed by atoms with E-state index in [0.717, 1.165) is 44.4 Å². The lowest BCUT2D eigenvalue weighted by Crippen LogP contribution is -2.47. The van der Waals surface area contributed by atoms with Crippen LogP contribution in [0.5, 0.6) is 11.5 Å². The van der Waals surface area contributed by atoms with Crippen molar-refractivity contribution in [1.82, 2.24) is 10.2 Å². The summed E-state index contributed by atoms with van der Waals surface area (Å²) in [6.45, 7) is 3.58. The number of likely N-dealkylation sites (tertiary alicyclic amines) is 1. The molecule has 0 saturated carbocycles. The van der Waals surface area contributed by atoms with Crippen LogP contribution in [0, 0.1) is 0 Å². The molecular formula is C19H28N2O4. The highest BCUT2D eigenvalue weighted by molar-refractivity contribution is 5.75. The van der Waals surface area contributed by atoms with Gasteiger partial charge < -0.3 is 24.4 Å². The molecule has 138 valence electrons. The van der Waals surface area contributed by atoms with Crippen molar-refractivity contribution in [2.24, 2.45) is 0 Å². The van der Waals surface area contributed by atoms with E-state index in [9.17, 15) is 4.79 Å². The van der Waals surface area contributed by atoms with Gasteiger partial charge in [-0.2, -0.15) is 0 Å². The molecule has 1 aromatic carbocycles. The molecular weight excluding hydrogens is 320 g/mol. The summed E-state index contributed by atoms with van der Waals surface area (Å²) in [6, 6.07) is 5.97. The predicted octanol–water partition coefficient (Wildman–Crippen LogP) is 3.12. The Kier molecular flexibility index (Phi) is 5.68. The normalized spacial score (nSPS) is 24.2. The smallest absolute Gasteiger partial charge is 0.318 e. The largest absolute Gasteiger partial charge is 0.493 e.